The van der Waals surface area contributed by atoms with Crippen molar-refractivity contribution in [2.24, 2.45) is 5.73 Å². The summed E-state index contributed by atoms with van der Waals surface area (Å²) < 4.78 is 0. The van der Waals surface area contributed by atoms with Gasteiger partial charge in [0, 0.05) is 6.54 Å². The van der Waals surface area contributed by atoms with Crippen molar-refractivity contribution in [3.63, 3.8) is 0 Å². The smallest absolute Gasteiger partial charge is 0.321 e. The third-order valence-electron chi connectivity index (χ3n) is 0.741. The third-order valence-corrected chi connectivity index (χ3v) is 0.741. The predicted octanol–water partition coefficient (Wildman–Crippen LogP) is -1.38. The molecule has 1 atom stereocenters. The van der Waals surface area contributed by atoms with Crippen LogP contribution in [0.3, 0.4) is 0 Å². The Morgan fingerprint density at radius 3 is 2.62 bits per heavy atom. The maximum absolute atomic E-state index is 9.92. The van der Waals surface area contributed by atoms with Crippen LogP contribution in [0, 0.1) is 0 Å². The van der Waals surface area contributed by atoms with Gasteiger partial charge in [0.05, 0.1) is 0 Å². The van der Waals surface area contributed by atoms with Crippen molar-refractivity contribution in [1.29, 1.82) is 0 Å². The molecule has 0 aliphatic carbocycles. The normalized spacial score (nSPS) is 13.2. The van der Waals surface area contributed by atoms with Gasteiger partial charge in [0.25, 0.3) is 0 Å². The first-order valence-electron chi connectivity index (χ1n) is 2.31. The lowest BCUT2D eigenvalue weighted by Crippen LogP contribution is -2.38. The number of carboxylic acid groups (broad SMARTS) is 1. The van der Waals surface area contributed by atoms with Crippen LogP contribution in [0.2, 0.25) is 0 Å². The number of hydrogen-bond donors (Lipinski definition) is 3. The average molecular weight is 118 g/mol. The Hall–Kier alpha value is -0.610. The molecule has 0 aromatic rings. The minimum Gasteiger partial charge on any atom is -0.480 e. The largest absolute Gasteiger partial charge is 0.480 e. The highest BCUT2D eigenvalue weighted by Crippen LogP contribution is 1.71. The quantitative estimate of drug-likeness (QED) is 0.427. The summed E-state index contributed by atoms with van der Waals surface area (Å²) in [6, 6.07) is -0.778. The van der Waals surface area contributed by atoms with E-state index in [1.807, 2.05) is 0 Å². The molecule has 0 rings (SSSR count). The van der Waals surface area contributed by atoms with E-state index >= 15 is 0 Å². The van der Waals surface area contributed by atoms with E-state index in [-0.39, 0.29) is 0 Å². The number of rotatable bonds is 3. The lowest BCUT2D eigenvalue weighted by atomic mass is 10.3. The fourth-order valence-corrected chi connectivity index (χ4v) is 0.307. The molecule has 0 aliphatic rings. The van der Waals surface area contributed by atoms with Crippen LogP contribution in [-0.2, 0) is 4.79 Å². The Labute approximate surface area is 47.7 Å². The van der Waals surface area contributed by atoms with Crippen LogP contribution in [-0.4, -0.2) is 30.7 Å². The molecule has 48 valence electrons. The summed E-state index contributed by atoms with van der Waals surface area (Å²) in [7, 11) is 1.66. The second kappa shape index (κ2) is 3.40. The zero-order valence-corrected chi connectivity index (χ0v) is 4.72. The van der Waals surface area contributed by atoms with Gasteiger partial charge in [-0.05, 0) is 7.05 Å². The standard InChI is InChI=1S/C4H10N2O2/c1-6-2-3(5)4(7)8/h3,6H,2,5H2,1H3,(H,7,8). The summed E-state index contributed by atoms with van der Waals surface area (Å²) in [5.41, 5.74) is 5.06. The Balaban J connectivity index is 3.32. The minimum atomic E-state index is -0.973. The van der Waals surface area contributed by atoms with Crippen molar-refractivity contribution >= 4 is 5.97 Å². The van der Waals surface area contributed by atoms with E-state index in [0.717, 1.165) is 0 Å². The summed E-state index contributed by atoms with van der Waals surface area (Å²) in [5.74, 6) is -0.973. The highest BCUT2D eigenvalue weighted by Gasteiger charge is 2.07. The van der Waals surface area contributed by atoms with Crippen molar-refractivity contribution in [3.8, 4) is 0 Å². The molecule has 0 bridgehead atoms. The van der Waals surface area contributed by atoms with Crippen LogP contribution < -0.4 is 11.1 Å². The van der Waals surface area contributed by atoms with Crippen molar-refractivity contribution in [3.05, 3.63) is 0 Å². The van der Waals surface area contributed by atoms with Crippen molar-refractivity contribution in [2.75, 3.05) is 13.6 Å². The van der Waals surface area contributed by atoms with Gasteiger partial charge >= 0.3 is 5.97 Å². The third kappa shape index (κ3) is 2.54. The van der Waals surface area contributed by atoms with Crippen LogP contribution in [0.25, 0.3) is 0 Å². The molecule has 4 N–H and O–H groups in total. The number of carbonyl (C=O) groups is 1. The van der Waals surface area contributed by atoms with Crippen molar-refractivity contribution < 1.29 is 9.90 Å². The number of aliphatic carboxylic acids is 1. The molecule has 0 amide bonds. The maximum Gasteiger partial charge on any atom is 0.321 e. The molecule has 0 aliphatic heterocycles. The zero-order chi connectivity index (χ0) is 6.57. The number of nitrogens with two attached hydrogens (primary N) is 1. The van der Waals surface area contributed by atoms with E-state index < -0.39 is 12.0 Å². The van der Waals surface area contributed by atoms with Gasteiger partial charge in [-0.1, -0.05) is 0 Å². The van der Waals surface area contributed by atoms with Gasteiger partial charge in [-0.3, -0.25) is 4.79 Å². The fourth-order valence-electron chi connectivity index (χ4n) is 0.307. The molecule has 0 heterocycles. The van der Waals surface area contributed by atoms with Crippen molar-refractivity contribution in [2.45, 2.75) is 6.04 Å². The van der Waals surface area contributed by atoms with E-state index in [2.05, 4.69) is 5.32 Å². The van der Waals surface area contributed by atoms with E-state index in [1.165, 1.54) is 0 Å². The van der Waals surface area contributed by atoms with Crippen LogP contribution in [0.4, 0.5) is 0 Å². The van der Waals surface area contributed by atoms with E-state index in [0.29, 0.717) is 6.54 Å². The number of hydrogen-bond acceptors (Lipinski definition) is 3. The second-order valence-electron chi connectivity index (χ2n) is 1.50. The first kappa shape index (κ1) is 7.39. The first-order chi connectivity index (χ1) is 3.68. The van der Waals surface area contributed by atoms with Crippen molar-refractivity contribution in [1.82, 2.24) is 5.32 Å². The van der Waals surface area contributed by atoms with Crippen LogP contribution >= 0.6 is 0 Å². The Kier molecular flexibility index (Phi) is 3.14. The highest BCUT2D eigenvalue weighted by molar-refractivity contribution is 5.73. The topological polar surface area (TPSA) is 75.3 Å². The Morgan fingerprint density at radius 1 is 2.00 bits per heavy atom. The molecule has 0 saturated carbocycles. The summed E-state index contributed by atoms with van der Waals surface area (Å²) in [5, 5.41) is 10.8. The molecule has 0 aromatic heterocycles. The molecule has 0 radical (unpaired) electrons. The second-order valence-corrected chi connectivity index (χ2v) is 1.50. The SMILES string of the molecule is CNCC(N)C(=O)O. The van der Waals surface area contributed by atoms with Crippen LogP contribution in [0.15, 0.2) is 0 Å². The Morgan fingerprint density at radius 2 is 2.50 bits per heavy atom. The van der Waals surface area contributed by atoms with Gasteiger partial charge in [0.1, 0.15) is 6.04 Å². The molecule has 4 heteroatoms. The molecule has 0 aromatic carbocycles. The lowest BCUT2D eigenvalue weighted by molar-refractivity contribution is -0.138. The van der Waals surface area contributed by atoms with Gasteiger partial charge in [-0.15, -0.1) is 0 Å². The molecule has 0 saturated heterocycles. The first-order valence-corrected chi connectivity index (χ1v) is 2.31. The number of nitrogens with one attached hydrogen (secondary N) is 1. The molecule has 0 fully saturated rings. The molecule has 8 heavy (non-hydrogen) atoms. The van der Waals surface area contributed by atoms with Crippen LogP contribution in [0.1, 0.15) is 0 Å². The lowest BCUT2D eigenvalue weighted by Gasteiger charge is -2.02. The molecule has 4 nitrogen and oxygen atoms in total. The van der Waals surface area contributed by atoms with Gasteiger partial charge in [-0.2, -0.15) is 0 Å². The number of carboxylic acids is 1. The fraction of sp³-hybridized carbons (Fsp3) is 0.750. The van der Waals surface area contributed by atoms with E-state index in [9.17, 15) is 4.79 Å². The van der Waals surface area contributed by atoms with E-state index in [1.54, 1.807) is 7.05 Å². The zero-order valence-electron chi connectivity index (χ0n) is 4.72. The summed E-state index contributed by atoms with van der Waals surface area (Å²) >= 11 is 0. The maximum atomic E-state index is 9.92. The van der Waals surface area contributed by atoms with E-state index in [4.69, 9.17) is 10.8 Å². The monoisotopic (exact) mass is 118 g/mol. The molecule has 1 unspecified atom stereocenters. The summed E-state index contributed by atoms with van der Waals surface area (Å²) in [6.07, 6.45) is 0. The molecular formula is C4H10N2O2. The van der Waals surface area contributed by atoms with Crippen LogP contribution in [0.5, 0.6) is 0 Å². The Bertz CT molecular complexity index is 84.1. The molecule has 0 spiro atoms. The highest BCUT2D eigenvalue weighted by atomic mass is 16.4. The van der Waals surface area contributed by atoms with Gasteiger partial charge in [-0.25, -0.2) is 0 Å². The van der Waals surface area contributed by atoms with Gasteiger partial charge < -0.3 is 16.2 Å². The van der Waals surface area contributed by atoms with Gasteiger partial charge in [0.15, 0.2) is 0 Å². The summed E-state index contributed by atoms with van der Waals surface area (Å²) in [6.45, 7) is 0.315. The van der Waals surface area contributed by atoms with Gasteiger partial charge in [0.2, 0.25) is 0 Å². The predicted molar refractivity (Wildman–Crippen MR) is 29.5 cm³/mol. The molecular weight excluding hydrogens is 108 g/mol. The minimum absolute atomic E-state index is 0.315. The summed E-state index contributed by atoms with van der Waals surface area (Å²) in [4.78, 5) is 9.92. The number of likely N-dealkylation sites (N-methyl/N-ethyl adjacent to an activating group) is 1. The average Bonchev–Trinajstić information content (AvgIpc) is 1.67.